The summed E-state index contributed by atoms with van der Waals surface area (Å²) in [5.74, 6) is 0.936. The van der Waals surface area contributed by atoms with Crippen LogP contribution >= 0.6 is 0 Å². The number of hydrogen-bond acceptors (Lipinski definition) is 6. The van der Waals surface area contributed by atoms with E-state index in [0.29, 0.717) is 30.3 Å². The molecule has 0 saturated heterocycles. The molecule has 0 unspecified atom stereocenters. The minimum absolute atomic E-state index is 0.0148. The van der Waals surface area contributed by atoms with Gasteiger partial charge in [0.15, 0.2) is 5.82 Å². The van der Waals surface area contributed by atoms with Crippen LogP contribution < -0.4 is 5.32 Å². The number of nitrogens with one attached hydrogen (secondary N) is 1. The van der Waals surface area contributed by atoms with Crippen LogP contribution in [0.25, 0.3) is 0 Å². The minimum atomic E-state index is -0.417. The lowest BCUT2D eigenvalue weighted by Crippen LogP contribution is -2.08. The SMILES string of the molecule is CCc1nn(C)c(NCc2ncn(C)n2)c1[N+](=O)[O-]. The molecular weight excluding hydrogens is 250 g/mol. The number of nitro groups is 1. The van der Waals surface area contributed by atoms with Crippen molar-refractivity contribution in [3.8, 4) is 0 Å². The monoisotopic (exact) mass is 265 g/mol. The zero-order chi connectivity index (χ0) is 14.0. The van der Waals surface area contributed by atoms with Crippen LogP contribution in [0.2, 0.25) is 0 Å². The summed E-state index contributed by atoms with van der Waals surface area (Å²) in [7, 11) is 3.43. The second kappa shape index (κ2) is 5.04. The summed E-state index contributed by atoms with van der Waals surface area (Å²) in [6, 6.07) is 0. The van der Waals surface area contributed by atoms with Gasteiger partial charge in [0, 0.05) is 14.1 Å². The average Bonchev–Trinajstić information content (AvgIpc) is 2.90. The normalized spacial score (nSPS) is 10.7. The third kappa shape index (κ3) is 2.54. The number of hydrogen-bond donors (Lipinski definition) is 1. The first-order valence-electron chi connectivity index (χ1n) is 5.81. The Bertz CT molecular complexity index is 601. The van der Waals surface area contributed by atoms with Crippen molar-refractivity contribution in [2.45, 2.75) is 19.9 Å². The molecule has 9 heteroatoms. The number of nitrogens with zero attached hydrogens (tertiary/aromatic N) is 6. The highest BCUT2D eigenvalue weighted by Gasteiger charge is 2.25. The van der Waals surface area contributed by atoms with Crippen molar-refractivity contribution in [1.82, 2.24) is 24.5 Å². The molecule has 0 fully saturated rings. The molecule has 102 valence electrons. The summed E-state index contributed by atoms with van der Waals surface area (Å²) in [5, 5.41) is 22.3. The van der Waals surface area contributed by atoms with Gasteiger partial charge in [-0.15, -0.1) is 0 Å². The molecule has 0 aromatic carbocycles. The first-order valence-corrected chi connectivity index (χ1v) is 5.81. The highest BCUT2D eigenvalue weighted by Crippen LogP contribution is 2.28. The third-order valence-electron chi connectivity index (χ3n) is 2.67. The van der Waals surface area contributed by atoms with Gasteiger partial charge < -0.3 is 5.32 Å². The number of rotatable bonds is 5. The maximum atomic E-state index is 11.1. The summed E-state index contributed by atoms with van der Waals surface area (Å²) in [4.78, 5) is 14.7. The van der Waals surface area contributed by atoms with E-state index in [4.69, 9.17) is 0 Å². The van der Waals surface area contributed by atoms with Crippen molar-refractivity contribution in [2.75, 3.05) is 5.32 Å². The molecule has 0 bridgehead atoms. The molecular formula is C10H15N7O2. The Morgan fingerprint density at radius 1 is 1.42 bits per heavy atom. The molecule has 2 rings (SSSR count). The van der Waals surface area contributed by atoms with E-state index in [1.54, 1.807) is 25.1 Å². The Kier molecular flexibility index (Phi) is 3.45. The predicted octanol–water partition coefficient (Wildman–Crippen LogP) is 0.631. The highest BCUT2D eigenvalue weighted by molar-refractivity contribution is 5.59. The van der Waals surface area contributed by atoms with E-state index in [9.17, 15) is 10.1 Å². The first-order chi connectivity index (χ1) is 9.02. The Morgan fingerprint density at radius 3 is 2.68 bits per heavy atom. The second-order valence-electron chi connectivity index (χ2n) is 4.07. The predicted molar refractivity (Wildman–Crippen MR) is 67.6 cm³/mol. The van der Waals surface area contributed by atoms with E-state index in [1.807, 2.05) is 6.92 Å². The minimum Gasteiger partial charge on any atom is -0.357 e. The summed E-state index contributed by atoms with van der Waals surface area (Å²) >= 11 is 0. The topological polar surface area (TPSA) is 104 Å². The van der Waals surface area contributed by atoms with Gasteiger partial charge >= 0.3 is 5.69 Å². The molecule has 0 aliphatic rings. The molecule has 1 N–H and O–H groups in total. The molecule has 2 aromatic rings. The van der Waals surface area contributed by atoms with Crippen LogP contribution in [0.4, 0.5) is 11.5 Å². The second-order valence-corrected chi connectivity index (χ2v) is 4.07. The Hall–Kier alpha value is -2.45. The van der Waals surface area contributed by atoms with Crippen molar-refractivity contribution in [2.24, 2.45) is 14.1 Å². The molecule has 0 aliphatic heterocycles. The largest absolute Gasteiger partial charge is 0.357 e. The van der Waals surface area contributed by atoms with Crippen LogP contribution in [0, 0.1) is 10.1 Å². The van der Waals surface area contributed by atoms with Gasteiger partial charge in [-0.05, 0) is 6.42 Å². The van der Waals surface area contributed by atoms with E-state index < -0.39 is 4.92 Å². The van der Waals surface area contributed by atoms with Gasteiger partial charge in [-0.1, -0.05) is 6.92 Å². The molecule has 0 atom stereocenters. The fraction of sp³-hybridized carbons (Fsp3) is 0.500. The van der Waals surface area contributed by atoms with Crippen LogP contribution in [-0.4, -0.2) is 29.5 Å². The van der Waals surface area contributed by atoms with Crippen LogP contribution in [0.3, 0.4) is 0 Å². The summed E-state index contributed by atoms with van der Waals surface area (Å²) < 4.78 is 3.05. The smallest absolute Gasteiger partial charge is 0.333 e. The van der Waals surface area contributed by atoms with Crippen molar-refractivity contribution >= 4 is 11.5 Å². The average molecular weight is 265 g/mol. The van der Waals surface area contributed by atoms with E-state index in [0.717, 1.165) is 0 Å². The maximum Gasteiger partial charge on any atom is 0.333 e. The third-order valence-corrected chi connectivity index (χ3v) is 2.67. The maximum absolute atomic E-state index is 11.1. The quantitative estimate of drug-likeness (QED) is 0.628. The van der Waals surface area contributed by atoms with Crippen LogP contribution in [0.15, 0.2) is 6.33 Å². The molecule has 2 aromatic heterocycles. The highest BCUT2D eigenvalue weighted by atomic mass is 16.6. The molecule has 0 spiro atoms. The lowest BCUT2D eigenvalue weighted by molar-refractivity contribution is -0.384. The summed E-state index contributed by atoms with van der Waals surface area (Å²) in [6.45, 7) is 2.14. The lowest BCUT2D eigenvalue weighted by atomic mass is 10.3. The standard InChI is InChI=1S/C10H15N7O2/c1-4-7-9(17(18)19)10(16(3)13-7)11-5-8-12-6-15(2)14-8/h6,11H,4-5H2,1-3H3. The van der Waals surface area contributed by atoms with Gasteiger partial charge in [-0.2, -0.15) is 10.2 Å². The van der Waals surface area contributed by atoms with Gasteiger partial charge in [0.1, 0.15) is 12.0 Å². The number of aryl methyl sites for hydroxylation is 3. The van der Waals surface area contributed by atoms with Crippen molar-refractivity contribution in [3.63, 3.8) is 0 Å². The fourth-order valence-corrected chi connectivity index (χ4v) is 1.82. The zero-order valence-corrected chi connectivity index (χ0v) is 11.0. The van der Waals surface area contributed by atoms with Crippen LogP contribution in [0.5, 0.6) is 0 Å². The van der Waals surface area contributed by atoms with Crippen LogP contribution in [0.1, 0.15) is 18.4 Å². The lowest BCUT2D eigenvalue weighted by Gasteiger charge is -2.03. The van der Waals surface area contributed by atoms with E-state index in [2.05, 4.69) is 20.5 Å². The molecule has 9 nitrogen and oxygen atoms in total. The number of anilines is 1. The van der Waals surface area contributed by atoms with Gasteiger partial charge in [0.05, 0.1) is 11.5 Å². The Morgan fingerprint density at radius 2 is 2.16 bits per heavy atom. The Labute approximate surface area is 109 Å². The van der Waals surface area contributed by atoms with E-state index in [1.165, 1.54) is 4.68 Å². The molecule has 0 aliphatic carbocycles. The Balaban J connectivity index is 2.24. The zero-order valence-electron chi connectivity index (χ0n) is 11.0. The van der Waals surface area contributed by atoms with Gasteiger partial charge in [-0.3, -0.25) is 14.8 Å². The molecule has 2 heterocycles. The summed E-state index contributed by atoms with van der Waals surface area (Å²) in [5.41, 5.74) is 0.477. The van der Waals surface area contributed by atoms with Crippen molar-refractivity contribution in [3.05, 3.63) is 28.0 Å². The van der Waals surface area contributed by atoms with Crippen LogP contribution in [-0.2, 0) is 27.1 Å². The molecule has 19 heavy (non-hydrogen) atoms. The summed E-state index contributed by atoms with van der Waals surface area (Å²) in [6.07, 6.45) is 2.08. The molecule has 0 amide bonds. The fourth-order valence-electron chi connectivity index (χ4n) is 1.82. The van der Waals surface area contributed by atoms with Gasteiger partial charge in [0.25, 0.3) is 0 Å². The first kappa shape index (κ1) is 13.0. The van der Waals surface area contributed by atoms with Crippen molar-refractivity contribution < 1.29 is 4.92 Å². The molecule has 0 radical (unpaired) electrons. The van der Waals surface area contributed by atoms with E-state index in [-0.39, 0.29) is 5.69 Å². The molecule has 0 saturated carbocycles. The van der Waals surface area contributed by atoms with Gasteiger partial charge in [-0.25, -0.2) is 9.67 Å². The van der Waals surface area contributed by atoms with Crippen molar-refractivity contribution in [1.29, 1.82) is 0 Å². The van der Waals surface area contributed by atoms with Gasteiger partial charge in [0.2, 0.25) is 5.82 Å². The van der Waals surface area contributed by atoms with E-state index >= 15 is 0 Å². The number of aromatic nitrogens is 5.